The Kier molecular flexibility index (Phi) is 7.85. The van der Waals surface area contributed by atoms with Crippen molar-refractivity contribution in [2.24, 2.45) is 0 Å². The summed E-state index contributed by atoms with van der Waals surface area (Å²) in [5, 5.41) is 10.9. The Bertz CT molecular complexity index is 933. The lowest BCUT2D eigenvalue weighted by molar-refractivity contribution is -0.384. The summed E-state index contributed by atoms with van der Waals surface area (Å²) in [7, 11) is 1.58. The molecule has 30 heavy (non-hydrogen) atoms. The number of non-ortho nitro benzene ring substituents is 1. The van der Waals surface area contributed by atoms with Crippen LogP contribution >= 0.6 is 0 Å². The number of nitro groups is 1. The van der Waals surface area contributed by atoms with E-state index in [0.29, 0.717) is 11.1 Å². The van der Waals surface area contributed by atoms with Crippen LogP contribution in [-0.4, -0.2) is 36.0 Å². The van der Waals surface area contributed by atoms with E-state index < -0.39 is 17.6 Å². The number of likely N-dealkylation sites (N-methyl/N-ethyl adjacent to an activating group) is 1. The molecule has 0 radical (unpaired) electrons. The molecule has 0 fully saturated rings. The van der Waals surface area contributed by atoms with Crippen LogP contribution < -0.4 is 9.47 Å². The van der Waals surface area contributed by atoms with Gasteiger partial charge in [0.1, 0.15) is 0 Å². The Labute approximate surface area is 172 Å². The van der Waals surface area contributed by atoms with Crippen LogP contribution in [0, 0.1) is 10.1 Å². The van der Waals surface area contributed by atoms with Gasteiger partial charge >= 0.3 is 6.61 Å². The minimum Gasteiger partial charge on any atom is -0.490 e. The maximum Gasteiger partial charge on any atom is 0.387 e. The zero-order valence-corrected chi connectivity index (χ0v) is 16.7. The van der Waals surface area contributed by atoms with Crippen LogP contribution in [0.4, 0.5) is 14.5 Å². The topological polar surface area (TPSA) is 81.9 Å². The summed E-state index contributed by atoms with van der Waals surface area (Å²) in [5.74, 6) is -0.280. The van der Waals surface area contributed by atoms with Gasteiger partial charge in [-0.3, -0.25) is 14.9 Å². The third-order valence-corrected chi connectivity index (χ3v) is 4.39. The zero-order valence-electron chi connectivity index (χ0n) is 16.7. The monoisotopic (exact) mass is 420 g/mol. The van der Waals surface area contributed by atoms with E-state index >= 15 is 0 Å². The Balaban J connectivity index is 2.15. The molecule has 0 heterocycles. The molecule has 7 nitrogen and oxygen atoms in total. The third kappa shape index (κ3) is 6.00. The average molecular weight is 420 g/mol. The van der Waals surface area contributed by atoms with E-state index in [4.69, 9.17) is 4.74 Å². The van der Waals surface area contributed by atoms with E-state index in [9.17, 15) is 23.7 Å². The predicted octanol–water partition coefficient (Wildman–Crippen LogP) is 4.83. The van der Waals surface area contributed by atoms with E-state index in [-0.39, 0.29) is 29.7 Å². The van der Waals surface area contributed by atoms with Gasteiger partial charge in [0, 0.05) is 25.3 Å². The highest BCUT2D eigenvalue weighted by Gasteiger charge is 2.18. The van der Waals surface area contributed by atoms with Crippen LogP contribution in [0.3, 0.4) is 0 Å². The molecule has 0 aromatic heterocycles. The molecule has 2 aromatic rings. The van der Waals surface area contributed by atoms with Crippen LogP contribution in [0.5, 0.6) is 11.5 Å². The van der Waals surface area contributed by atoms with Crippen LogP contribution in [0.15, 0.2) is 48.5 Å². The summed E-state index contributed by atoms with van der Waals surface area (Å²) in [6, 6.07) is 10.0. The third-order valence-electron chi connectivity index (χ3n) is 4.39. The van der Waals surface area contributed by atoms with Gasteiger partial charge in [-0.15, -0.1) is 0 Å². The molecule has 0 saturated heterocycles. The van der Waals surface area contributed by atoms with E-state index in [2.05, 4.69) is 4.74 Å². The van der Waals surface area contributed by atoms with E-state index in [1.54, 1.807) is 33.0 Å². The first kappa shape index (κ1) is 22.8. The van der Waals surface area contributed by atoms with Crippen LogP contribution in [0.25, 0.3) is 6.08 Å². The maximum atomic E-state index is 12.5. The summed E-state index contributed by atoms with van der Waals surface area (Å²) in [6.07, 6.45) is 2.85. The van der Waals surface area contributed by atoms with E-state index in [1.807, 2.05) is 0 Å². The molecule has 0 spiro atoms. The van der Waals surface area contributed by atoms with Crippen molar-refractivity contribution in [3.63, 3.8) is 0 Å². The first-order valence-corrected chi connectivity index (χ1v) is 9.13. The molecule has 160 valence electrons. The molecule has 0 aliphatic heterocycles. The lowest BCUT2D eigenvalue weighted by Gasteiger charge is -2.24. The number of nitrogens with zero attached hydrogens (tertiary/aromatic N) is 2. The van der Waals surface area contributed by atoms with Crippen molar-refractivity contribution < 1.29 is 28.0 Å². The second-order valence-corrected chi connectivity index (χ2v) is 6.33. The molecular weight excluding hydrogens is 398 g/mol. The first-order valence-electron chi connectivity index (χ1n) is 9.13. The minimum absolute atomic E-state index is 0.0506. The number of rotatable bonds is 9. The number of alkyl halides is 2. The normalized spacial score (nSPS) is 12.1. The predicted molar refractivity (Wildman–Crippen MR) is 108 cm³/mol. The van der Waals surface area contributed by atoms with Gasteiger partial charge in [0.15, 0.2) is 11.5 Å². The fourth-order valence-electron chi connectivity index (χ4n) is 2.69. The number of carbonyl (C=O) groups is 1. The Hall–Kier alpha value is -3.49. The fourth-order valence-corrected chi connectivity index (χ4v) is 2.69. The second kappa shape index (κ2) is 10.3. The Morgan fingerprint density at radius 3 is 2.60 bits per heavy atom. The van der Waals surface area contributed by atoms with Gasteiger partial charge in [0.25, 0.3) is 5.69 Å². The zero-order chi connectivity index (χ0) is 22.3. The van der Waals surface area contributed by atoms with Crippen molar-refractivity contribution in [2.75, 3.05) is 13.7 Å². The second-order valence-electron chi connectivity index (χ2n) is 6.33. The highest BCUT2D eigenvalue weighted by atomic mass is 19.3. The summed E-state index contributed by atoms with van der Waals surface area (Å²) < 4.78 is 34.7. The summed E-state index contributed by atoms with van der Waals surface area (Å²) in [6.45, 7) is 0.752. The molecule has 9 heteroatoms. The van der Waals surface area contributed by atoms with Gasteiger partial charge in [-0.1, -0.05) is 18.2 Å². The summed E-state index contributed by atoms with van der Waals surface area (Å²) in [5.41, 5.74) is 1.13. The van der Waals surface area contributed by atoms with Crippen LogP contribution in [0.2, 0.25) is 0 Å². The molecular formula is C21H22F2N2O5. The van der Waals surface area contributed by atoms with E-state index in [0.717, 1.165) is 0 Å². The highest BCUT2D eigenvalue weighted by molar-refractivity contribution is 5.92. The van der Waals surface area contributed by atoms with Crippen molar-refractivity contribution in [2.45, 2.75) is 26.5 Å². The van der Waals surface area contributed by atoms with Gasteiger partial charge < -0.3 is 14.4 Å². The number of carbonyl (C=O) groups excluding carboxylic acids is 1. The molecule has 0 aliphatic rings. The van der Waals surface area contributed by atoms with Crippen molar-refractivity contribution in [3.8, 4) is 11.5 Å². The maximum absolute atomic E-state index is 12.5. The van der Waals surface area contributed by atoms with Crippen molar-refractivity contribution >= 4 is 17.7 Å². The van der Waals surface area contributed by atoms with Gasteiger partial charge in [0.2, 0.25) is 5.91 Å². The first-order chi connectivity index (χ1) is 14.2. The quantitative estimate of drug-likeness (QED) is 0.330. The fraction of sp³-hybridized carbons (Fsp3) is 0.286. The molecule has 1 atom stereocenters. The molecule has 0 aliphatic carbocycles. The van der Waals surface area contributed by atoms with Gasteiger partial charge in [-0.25, -0.2) is 0 Å². The number of nitro benzene ring substituents is 1. The number of ether oxygens (including phenoxy) is 2. The highest BCUT2D eigenvalue weighted by Crippen LogP contribution is 2.30. The lowest BCUT2D eigenvalue weighted by Crippen LogP contribution is -2.28. The SMILES string of the molecule is CCOc1cc(/C=C/C(=O)N(C)[C@H](C)c2cccc([N+](=O)[O-])c2)ccc1OC(F)F. The standard InChI is InChI=1S/C21H22F2N2O5/c1-4-29-19-12-15(8-10-18(19)30-21(22)23)9-11-20(26)24(3)14(2)16-6-5-7-17(13-16)25(27)28/h5-14,21H,4H2,1-3H3/b11-9+/t14-/m1/s1. The number of hydrogen-bond donors (Lipinski definition) is 0. The number of benzene rings is 2. The molecule has 2 rings (SSSR count). The number of hydrogen-bond acceptors (Lipinski definition) is 5. The molecule has 0 saturated carbocycles. The number of halogens is 2. The van der Waals surface area contributed by atoms with Gasteiger partial charge in [-0.05, 0) is 43.2 Å². The average Bonchev–Trinajstić information content (AvgIpc) is 2.72. The largest absolute Gasteiger partial charge is 0.490 e. The molecule has 2 aromatic carbocycles. The Morgan fingerprint density at radius 1 is 1.23 bits per heavy atom. The molecule has 0 bridgehead atoms. The molecule has 1 amide bonds. The van der Waals surface area contributed by atoms with Crippen LogP contribution in [0.1, 0.15) is 31.0 Å². The lowest BCUT2D eigenvalue weighted by atomic mass is 10.1. The minimum atomic E-state index is -2.98. The van der Waals surface area contributed by atoms with Gasteiger partial charge in [0.05, 0.1) is 17.6 Å². The molecule has 0 unspecified atom stereocenters. The van der Waals surface area contributed by atoms with E-state index in [1.165, 1.54) is 47.4 Å². The van der Waals surface area contributed by atoms with Crippen molar-refractivity contribution in [3.05, 3.63) is 69.8 Å². The Morgan fingerprint density at radius 2 is 1.97 bits per heavy atom. The van der Waals surface area contributed by atoms with Crippen LogP contribution in [-0.2, 0) is 4.79 Å². The van der Waals surface area contributed by atoms with Crippen molar-refractivity contribution in [1.29, 1.82) is 0 Å². The van der Waals surface area contributed by atoms with Gasteiger partial charge in [-0.2, -0.15) is 8.78 Å². The van der Waals surface area contributed by atoms with Crippen molar-refractivity contribution in [1.82, 2.24) is 4.90 Å². The summed E-state index contributed by atoms with van der Waals surface area (Å²) in [4.78, 5) is 24.4. The summed E-state index contributed by atoms with van der Waals surface area (Å²) >= 11 is 0. The molecule has 0 N–H and O–H groups in total. The smallest absolute Gasteiger partial charge is 0.387 e. The number of amides is 1.